The molecule has 0 aromatic rings. The molecule has 0 saturated carbocycles. The summed E-state index contributed by atoms with van der Waals surface area (Å²) in [5.41, 5.74) is 0. The smallest absolute Gasteiger partial charge is 0.0845 e. The molecule has 0 fully saturated rings. The minimum Gasteiger partial charge on any atom is -0.750 e. The van der Waals surface area contributed by atoms with E-state index in [1.165, 1.54) is 0 Å². The predicted molar refractivity (Wildman–Crippen MR) is 34.3 cm³/mol. The topological polar surface area (TPSA) is 49.4 Å². The Hall–Kier alpha value is -0.190. The maximum Gasteiger partial charge on any atom is 0.0845 e. The monoisotopic (exact) mass is 149 g/mol. The molecule has 0 saturated heterocycles. The molecule has 54 valence electrons. The number of rotatable bonds is 4. The first-order chi connectivity index (χ1) is 4.27. The van der Waals surface area contributed by atoms with Crippen molar-refractivity contribution in [1.82, 2.24) is 0 Å². The van der Waals surface area contributed by atoms with E-state index in [-0.39, 0.29) is 6.61 Å². The average Bonchev–Trinajstić information content (AvgIpc) is 1.80. The molecule has 0 radical (unpaired) electrons. The van der Waals surface area contributed by atoms with Gasteiger partial charge < -0.3 is 4.55 Å². The number of hydrogen-bond donors (Lipinski definition) is 0. The number of hydrogen-bond acceptors (Lipinski definition) is 3. The zero-order chi connectivity index (χ0) is 7.11. The largest absolute Gasteiger partial charge is 0.750 e. The summed E-state index contributed by atoms with van der Waals surface area (Å²) in [6.07, 6.45) is 4.40. The Morgan fingerprint density at radius 1 is 1.67 bits per heavy atom. The van der Waals surface area contributed by atoms with Crippen molar-refractivity contribution in [3.63, 3.8) is 0 Å². The molecular formula is C5H9O3S-. The molecule has 1 atom stereocenters. The van der Waals surface area contributed by atoms with E-state index in [1.54, 1.807) is 6.08 Å². The van der Waals surface area contributed by atoms with Crippen LogP contribution in [0, 0.1) is 0 Å². The second-order valence-electron chi connectivity index (χ2n) is 1.37. The lowest BCUT2D eigenvalue weighted by atomic mass is 10.4. The van der Waals surface area contributed by atoms with Crippen LogP contribution >= 0.6 is 0 Å². The van der Waals surface area contributed by atoms with Gasteiger partial charge in [-0.2, -0.15) is 0 Å². The zero-order valence-corrected chi connectivity index (χ0v) is 6.02. The summed E-state index contributed by atoms with van der Waals surface area (Å²) in [6, 6.07) is 0. The summed E-state index contributed by atoms with van der Waals surface area (Å²) in [5, 5.41) is 0. The van der Waals surface area contributed by atoms with Gasteiger partial charge in [-0.05, 0) is 6.42 Å². The van der Waals surface area contributed by atoms with Crippen LogP contribution in [0.1, 0.15) is 13.3 Å². The Kier molecular flexibility index (Phi) is 5.81. The minimum atomic E-state index is -2.37. The van der Waals surface area contributed by atoms with Crippen molar-refractivity contribution >= 4 is 11.4 Å². The van der Waals surface area contributed by atoms with E-state index in [0.717, 1.165) is 6.42 Å². The van der Waals surface area contributed by atoms with E-state index in [2.05, 4.69) is 4.18 Å². The molecule has 0 aliphatic carbocycles. The maximum atomic E-state index is 9.71. The summed E-state index contributed by atoms with van der Waals surface area (Å²) in [7, 11) is 0. The van der Waals surface area contributed by atoms with Crippen LogP contribution in [0.4, 0.5) is 0 Å². The quantitative estimate of drug-likeness (QED) is 0.438. The van der Waals surface area contributed by atoms with Crippen LogP contribution in [-0.4, -0.2) is 15.4 Å². The molecule has 0 aliphatic rings. The van der Waals surface area contributed by atoms with Gasteiger partial charge >= 0.3 is 0 Å². The SMILES string of the molecule is CC/C=C/COS(=O)[O-]. The van der Waals surface area contributed by atoms with E-state index >= 15 is 0 Å². The summed E-state index contributed by atoms with van der Waals surface area (Å²) in [6.45, 7) is 2.11. The number of allylic oxidation sites excluding steroid dienone is 1. The fraction of sp³-hybridized carbons (Fsp3) is 0.600. The van der Waals surface area contributed by atoms with Gasteiger partial charge in [-0.25, -0.2) is 4.21 Å². The summed E-state index contributed by atoms with van der Waals surface area (Å²) >= 11 is -2.37. The summed E-state index contributed by atoms with van der Waals surface area (Å²) in [4.78, 5) is 0. The molecule has 3 nitrogen and oxygen atoms in total. The standard InChI is InChI=1S/C5H10O3S/c1-2-3-4-5-8-9(6)7/h3-4H,2,5H2,1H3,(H,6,7)/p-1/b4-3+. The lowest BCUT2D eigenvalue weighted by Crippen LogP contribution is -1.93. The first kappa shape index (κ1) is 8.81. The molecule has 0 aromatic heterocycles. The van der Waals surface area contributed by atoms with E-state index in [4.69, 9.17) is 0 Å². The Labute approximate surface area is 57.2 Å². The highest BCUT2D eigenvalue weighted by Gasteiger charge is 1.76. The van der Waals surface area contributed by atoms with Gasteiger partial charge in [0.25, 0.3) is 0 Å². The molecule has 0 heterocycles. The van der Waals surface area contributed by atoms with Crippen molar-refractivity contribution in [3.05, 3.63) is 12.2 Å². The van der Waals surface area contributed by atoms with E-state index in [0.29, 0.717) is 0 Å². The first-order valence-electron chi connectivity index (χ1n) is 2.65. The van der Waals surface area contributed by atoms with Gasteiger partial charge in [0.15, 0.2) is 0 Å². The molecule has 9 heavy (non-hydrogen) atoms. The highest BCUT2D eigenvalue weighted by molar-refractivity contribution is 7.74. The maximum absolute atomic E-state index is 9.71. The molecule has 0 N–H and O–H groups in total. The Balaban J connectivity index is 3.09. The van der Waals surface area contributed by atoms with Crippen molar-refractivity contribution in [2.45, 2.75) is 13.3 Å². The molecule has 0 spiro atoms. The lowest BCUT2D eigenvalue weighted by molar-refractivity contribution is 0.334. The molecule has 0 rings (SSSR count). The molecular weight excluding hydrogens is 140 g/mol. The zero-order valence-electron chi connectivity index (χ0n) is 5.20. The van der Waals surface area contributed by atoms with Gasteiger partial charge in [-0.1, -0.05) is 19.1 Å². The molecule has 0 bridgehead atoms. The summed E-state index contributed by atoms with van der Waals surface area (Å²) < 4.78 is 23.6. The predicted octanol–water partition coefficient (Wildman–Crippen LogP) is 0.763. The highest BCUT2D eigenvalue weighted by atomic mass is 32.2. The van der Waals surface area contributed by atoms with Gasteiger partial charge in [0, 0.05) is 0 Å². The van der Waals surface area contributed by atoms with Crippen molar-refractivity contribution in [1.29, 1.82) is 0 Å². The van der Waals surface area contributed by atoms with Crippen LogP contribution < -0.4 is 0 Å². The Morgan fingerprint density at radius 3 is 2.78 bits per heavy atom. The van der Waals surface area contributed by atoms with Crippen LogP contribution in [-0.2, 0) is 15.5 Å². The van der Waals surface area contributed by atoms with Crippen LogP contribution in [0.25, 0.3) is 0 Å². The average molecular weight is 149 g/mol. The third-order valence-corrected chi connectivity index (χ3v) is 0.991. The third kappa shape index (κ3) is 7.81. The van der Waals surface area contributed by atoms with Gasteiger partial charge in [0.05, 0.1) is 18.0 Å². The molecule has 1 unspecified atom stereocenters. The fourth-order valence-electron chi connectivity index (χ4n) is 0.330. The molecule has 0 aliphatic heterocycles. The normalized spacial score (nSPS) is 14.4. The van der Waals surface area contributed by atoms with Gasteiger partial charge in [0.1, 0.15) is 0 Å². The van der Waals surface area contributed by atoms with E-state index in [1.807, 2.05) is 13.0 Å². The Bertz CT molecular complexity index is 111. The van der Waals surface area contributed by atoms with Crippen LogP contribution in [0.5, 0.6) is 0 Å². The van der Waals surface area contributed by atoms with Crippen molar-refractivity contribution in [2.24, 2.45) is 0 Å². The summed E-state index contributed by atoms with van der Waals surface area (Å²) in [5.74, 6) is 0. The Morgan fingerprint density at radius 2 is 2.33 bits per heavy atom. The molecule has 4 heteroatoms. The van der Waals surface area contributed by atoms with Gasteiger partial charge in [-0.3, -0.25) is 4.18 Å². The van der Waals surface area contributed by atoms with Crippen LogP contribution in [0.15, 0.2) is 12.2 Å². The van der Waals surface area contributed by atoms with Crippen LogP contribution in [0.2, 0.25) is 0 Å². The van der Waals surface area contributed by atoms with Crippen LogP contribution in [0.3, 0.4) is 0 Å². The lowest BCUT2D eigenvalue weighted by Gasteiger charge is -2.00. The van der Waals surface area contributed by atoms with Crippen molar-refractivity contribution in [2.75, 3.05) is 6.61 Å². The third-order valence-electron chi connectivity index (χ3n) is 0.663. The molecule has 0 aromatic carbocycles. The molecule has 0 amide bonds. The van der Waals surface area contributed by atoms with E-state index < -0.39 is 11.4 Å². The highest BCUT2D eigenvalue weighted by Crippen LogP contribution is 1.82. The fourth-order valence-corrected chi connectivity index (χ4v) is 0.519. The van der Waals surface area contributed by atoms with E-state index in [9.17, 15) is 8.76 Å². The van der Waals surface area contributed by atoms with Crippen molar-refractivity contribution in [3.8, 4) is 0 Å². The van der Waals surface area contributed by atoms with Gasteiger partial charge in [-0.15, -0.1) is 0 Å². The van der Waals surface area contributed by atoms with Gasteiger partial charge in [0.2, 0.25) is 0 Å². The first-order valence-corrected chi connectivity index (χ1v) is 3.65. The second-order valence-corrected chi connectivity index (χ2v) is 2.01. The van der Waals surface area contributed by atoms with Crippen molar-refractivity contribution < 1.29 is 12.9 Å². The minimum absolute atomic E-state index is 0.143. The second kappa shape index (κ2) is 5.94.